The predicted molar refractivity (Wildman–Crippen MR) is 75.1 cm³/mol. The average molecular weight is 263 g/mol. The number of aldehydes is 1. The Hall–Kier alpha value is -1.84. The van der Waals surface area contributed by atoms with Gasteiger partial charge in [-0.15, -0.1) is 0 Å². The van der Waals surface area contributed by atoms with Crippen LogP contribution in [0.1, 0.15) is 25.3 Å². The summed E-state index contributed by atoms with van der Waals surface area (Å²) in [5.74, 6) is -0.356. The smallest absolute Gasteiger partial charge is 0.319 e. The van der Waals surface area contributed by atoms with Crippen LogP contribution in [-0.4, -0.2) is 25.9 Å². The summed E-state index contributed by atoms with van der Waals surface area (Å²) in [7, 11) is 1.92. The molecule has 1 N–H and O–H groups in total. The van der Waals surface area contributed by atoms with Gasteiger partial charge in [0.05, 0.1) is 6.61 Å². The molecule has 19 heavy (non-hydrogen) atoms. The molecule has 0 radical (unpaired) electrons. The van der Waals surface area contributed by atoms with Gasteiger partial charge >= 0.3 is 5.97 Å². The van der Waals surface area contributed by atoms with E-state index in [2.05, 4.69) is 41.2 Å². The molecule has 1 saturated carbocycles. The fourth-order valence-corrected chi connectivity index (χ4v) is 1.50. The Morgan fingerprint density at radius 2 is 1.95 bits per heavy atom. The molecule has 4 nitrogen and oxygen atoms in total. The lowest BCUT2D eigenvalue weighted by Gasteiger charge is -2.04. The van der Waals surface area contributed by atoms with Crippen molar-refractivity contribution in [1.82, 2.24) is 0 Å². The molecule has 4 heteroatoms. The summed E-state index contributed by atoms with van der Waals surface area (Å²) in [6, 6.07) is 8.31. The molecule has 0 amide bonds. The van der Waals surface area contributed by atoms with Crippen molar-refractivity contribution in [1.29, 1.82) is 0 Å². The zero-order valence-electron chi connectivity index (χ0n) is 11.7. The lowest BCUT2D eigenvalue weighted by Crippen LogP contribution is -2.19. The van der Waals surface area contributed by atoms with Crippen molar-refractivity contribution in [2.24, 2.45) is 5.41 Å². The number of nitrogens with one attached hydrogen (secondary N) is 1. The highest BCUT2D eigenvalue weighted by Crippen LogP contribution is 2.44. The van der Waals surface area contributed by atoms with Gasteiger partial charge in [0.1, 0.15) is 11.7 Å². The lowest BCUT2D eigenvalue weighted by molar-refractivity contribution is -0.150. The highest BCUT2D eigenvalue weighted by Gasteiger charge is 2.51. The molecular formula is C15H21NO3. The molecule has 0 heterocycles. The summed E-state index contributed by atoms with van der Waals surface area (Å²) in [5, 5.41) is 3.05. The van der Waals surface area contributed by atoms with Gasteiger partial charge in [-0.25, -0.2) is 0 Å². The third-order valence-electron chi connectivity index (χ3n) is 3.04. The zero-order chi connectivity index (χ0) is 14.3. The molecule has 0 aliphatic heterocycles. The van der Waals surface area contributed by atoms with Crippen molar-refractivity contribution >= 4 is 17.9 Å². The van der Waals surface area contributed by atoms with Crippen LogP contribution in [0.5, 0.6) is 0 Å². The number of rotatable bonds is 4. The summed E-state index contributed by atoms with van der Waals surface area (Å²) >= 11 is 0. The minimum atomic E-state index is -0.740. The molecule has 0 atom stereocenters. The molecule has 0 aromatic heterocycles. The number of esters is 1. The molecule has 1 aromatic carbocycles. The van der Waals surface area contributed by atoms with Crippen molar-refractivity contribution in [3.8, 4) is 0 Å². The Morgan fingerprint density at radius 1 is 1.37 bits per heavy atom. The Labute approximate surface area is 114 Å². The lowest BCUT2D eigenvalue weighted by atomic mass is 10.1. The van der Waals surface area contributed by atoms with Crippen LogP contribution in [-0.2, 0) is 14.3 Å². The SMILES string of the molecule is CCOC(=O)C1(C=O)CC1.CNc1ccc(C)cc1. The van der Waals surface area contributed by atoms with E-state index < -0.39 is 5.41 Å². The molecule has 0 unspecified atom stereocenters. The van der Waals surface area contributed by atoms with E-state index in [9.17, 15) is 9.59 Å². The predicted octanol–water partition coefficient (Wildman–Crippen LogP) is 2.57. The number of anilines is 1. The second-order valence-corrected chi connectivity index (χ2v) is 4.61. The highest BCUT2D eigenvalue weighted by atomic mass is 16.5. The van der Waals surface area contributed by atoms with Crippen molar-refractivity contribution in [2.75, 3.05) is 19.0 Å². The van der Waals surface area contributed by atoms with Crippen molar-refractivity contribution in [3.05, 3.63) is 29.8 Å². The summed E-state index contributed by atoms with van der Waals surface area (Å²) < 4.78 is 4.69. The largest absolute Gasteiger partial charge is 0.465 e. The van der Waals surface area contributed by atoms with Gasteiger partial charge in [-0.05, 0) is 38.8 Å². The maximum Gasteiger partial charge on any atom is 0.319 e. The summed E-state index contributed by atoms with van der Waals surface area (Å²) in [4.78, 5) is 21.2. The Bertz CT molecular complexity index is 422. The van der Waals surface area contributed by atoms with Crippen LogP contribution in [0.2, 0.25) is 0 Å². The molecule has 1 fully saturated rings. The Morgan fingerprint density at radius 3 is 2.32 bits per heavy atom. The van der Waals surface area contributed by atoms with Gasteiger partial charge in [-0.2, -0.15) is 0 Å². The van der Waals surface area contributed by atoms with E-state index in [1.54, 1.807) is 6.92 Å². The third-order valence-corrected chi connectivity index (χ3v) is 3.04. The Kier molecular flexibility index (Phi) is 5.55. The minimum Gasteiger partial charge on any atom is -0.465 e. The maximum atomic E-state index is 10.9. The van der Waals surface area contributed by atoms with Gasteiger partial charge in [0.25, 0.3) is 0 Å². The van der Waals surface area contributed by atoms with Gasteiger partial charge in [-0.3, -0.25) is 4.79 Å². The van der Waals surface area contributed by atoms with E-state index in [0.29, 0.717) is 25.7 Å². The second-order valence-electron chi connectivity index (χ2n) is 4.61. The highest BCUT2D eigenvalue weighted by molar-refractivity contribution is 5.96. The van der Waals surface area contributed by atoms with E-state index in [-0.39, 0.29) is 5.97 Å². The van der Waals surface area contributed by atoms with E-state index in [1.165, 1.54) is 11.3 Å². The third kappa shape index (κ3) is 4.39. The summed E-state index contributed by atoms with van der Waals surface area (Å²) in [6.07, 6.45) is 2.02. The molecule has 0 spiro atoms. The van der Waals surface area contributed by atoms with Crippen molar-refractivity contribution in [3.63, 3.8) is 0 Å². The molecule has 2 rings (SSSR count). The first-order chi connectivity index (χ1) is 9.07. The van der Waals surface area contributed by atoms with Gasteiger partial charge in [-0.1, -0.05) is 17.7 Å². The number of hydrogen-bond donors (Lipinski definition) is 1. The first-order valence-electron chi connectivity index (χ1n) is 6.46. The number of carbonyl (C=O) groups is 2. The van der Waals surface area contributed by atoms with Crippen LogP contribution >= 0.6 is 0 Å². The van der Waals surface area contributed by atoms with Gasteiger partial charge in [0.2, 0.25) is 0 Å². The van der Waals surface area contributed by atoms with E-state index in [0.717, 1.165) is 0 Å². The first-order valence-corrected chi connectivity index (χ1v) is 6.46. The Balaban J connectivity index is 0.000000191. The number of aryl methyl sites for hydroxylation is 1. The van der Waals surface area contributed by atoms with Crippen LogP contribution in [0, 0.1) is 12.3 Å². The number of benzene rings is 1. The number of hydrogen-bond acceptors (Lipinski definition) is 4. The summed E-state index contributed by atoms with van der Waals surface area (Å²) in [6.45, 7) is 4.17. The molecular weight excluding hydrogens is 242 g/mol. The quantitative estimate of drug-likeness (QED) is 0.515. The van der Waals surface area contributed by atoms with Crippen molar-refractivity contribution in [2.45, 2.75) is 26.7 Å². The summed E-state index contributed by atoms with van der Waals surface area (Å²) in [5.41, 5.74) is 1.73. The van der Waals surface area contributed by atoms with Crippen molar-refractivity contribution < 1.29 is 14.3 Å². The molecule has 1 aliphatic carbocycles. The number of carbonyl (C=O) groups excluding carboxylic acids is 2. The monoisotopic (exact) mass is 263 g/mol. The fraction of sp³-hybridized carbons (Fsp3) is 0.467. The van der Waals surface area contributed by atoms with Gasteiger partial charge in [0, 0.05) is 12.7 Å². The molecule has 104 valence electrons. The average Bonchev–Trinajstić information content (AvgIpc) is 3.22. The standard InChI is InChI=1S/C8H11N.C7H10O3/c1-7-3-5-8(9-2)6-4-7;1-2-10-6(9)7(5-8)3-4-7/h3-6,9H,1-2H3;5H,2-4H2,1H3. The fourth-order valence-electron chi connectivity index (χ4n) is 1.50. The molecule has 0 saturated heterocycles. The molecule has 0 bridgehead atoms. The van der Waals surface area contributed by atoms with E-state index >= 15 is 0 Å². The van der Waals surface area contributed by atoms with E-state index in [1.807, 2.05) is 7.05 Å². The maximum absolute atomic E-state index is 10.9. The van der Waals surface area contributed by atoms with Crippen LogP contribution in [0.15, 0.2) is 24.3 Å². The second kappa shape index (κ2) is 6.92. The molecule has 1 aromatic rings. The topological polar surface area (TPSA) is 55.4 Å². The molecule has 1 aliphatic rings. The number of ether oxygens (including phenoxy) is 1. The van der Waals surface area contributed by atoms with Crippen LogP contribution in [0.3, 0.4) is 0 Å². The first kappa shape index (κ1) is 15.2. The van der Waals surface area contributed by atoms with Crippen LogP contribution in [0.25, 0.3) is 0 Å². The normalized spacial score (nSPS) is 14.7. The zero-order valence-corrected chi connectivity index (χ0v) is 11.7. The van der Waals surface area contributed by atoms with Crippen LogP contribution < -0.4 is 5.32 Å². The van der Waals surface area contributed by atoms with Gasteiger partial charge in [0.15, 0.2) is 0 Å². The minimum absolute atomic E-state index is 0.356. The van der Waals surface area contributed by atoms with Crippen LogP contribution in [0.4, 0.5) is 5.69 Å². The van der Waals surface area contributed by atoms with Gasteiger partial charge < -0.3 is 14.8 Å². The van der Waals surface area contributed by atoms with E-state index in [4.69, 9.17) is 0 Å².